The number of aryl methyl sites for hydroxylation is 1. The predicted molar refractivity (Wildman–Crippen MR) is 76.7 cm³/mol. The van der Waals surface area contributed by atoms with Crippen molar-refractivity contribution in [1.29, 1.82) is 0 Å². The van der Waals surface area contributed by atoms with Gasteiger partial charge in [-0.25, -0.2) is 4.79 Å². The molecular weight excluding hydrogens is 270 g/mol. The Balaban J connectivity index is 1.54. The second-order valence-electron chi connectivity index (χ2n) is 5.78. The van der Waals surface area contributed by atoms with Gasteiger partial charge in [-0.3, -0.25) is 19.3 Å². The molecule has 2 aliphatic heterocycles. The maximum absolute atomic E-state index is 11.6. The van der Waals surface area contributed by atoms with Crippen molar-refractivity contribution in [2.24, 2.45) is 0 Å². The highest BCUT2D eigenvalue weighted by Gasteiger charge is 2.30. The zero-order chi connectivity index (χ0) is 14.8. The molecule has 1 unspecified atom stereocenters. The first-order valence-corrected chi connectivity index (χ1v) is 7.45. The van der Waals surface area contributed by atoms with Gasteiger partial charge < -0.3 is 5.32 Å². The summed E-state index contributed by atoms with van der Waals surface area (Å²) >= 11 is 0. The van der Waals surface area contributed by atoms with Crippen molar-refractivity contribution in [3.05, 3.63) is 18.0 Å². The molecular formula is C14H21N5O2. The molecule has 0 radical (unpaired) electrons. The third-order valence-corrected chi connectivity index (χ3v) is 4.21. The van der Waals surface area contributed by atoms with E-state index < -0.39 is 0 Å². The van der Waals surface area contributed by atoms with Gasteiger partial charge in [0.2, 0.25) is 5.91 Å². The largest absolute Gasteiger partial charge is 0.329 e. The zero-order valence-corrected chi connectivity index (χ0v) is 12.3. The topological polar surface area (TPSA) is 70.5 Å². The van der Waals surface area contributed by atoms with Gasteiger partial charge in [-0.15, -0.1) is 0 Å². The number of nitrogens with one attached hydrogen (secondary N) is 1. The Labute approximate surface area is 123 Å². The standard InChI is InChI=1S/C14H21N5O2/c1-11-7-16-18(9-11)10-12-3-2-4-17(12)5-6-19-13(20)8-15-14(19)21/h7,9,12H,2-6,8,10H2,1H3,(H,15,21). The Hall–Kier alpha value is -1.89. The number of hydrogen-bond acceptors (Lipinski definition) is 4. The molecule has 3 amide bonds. The van der Waals surface area contributed by atoms with Gasteiger partial charge in [0.15, 0.2) is 0 Å². The quantitative estimate of drug-likeness (QED) is 0.787. The molecule has 0 aromatic carbocycles. The lowest BCUT2D eigenvalue weighted by Crippen LogP contribution is -2.41. The summed E-state index contributed by atoms with van der Waals surface area (Å²) in [5, 5.41) is 6.89. The van der Waals surface area contributed by atoms with Crippen LogP contribution in [-0.2, 0) is 11.3 Å². The van der Waals surface area contributed by atoms with Crippen LogP contribution in [-0.4, -0.2) is 63.7 Å². The number of aromatic nitrogens is 2. The van der Waals surface area contributed by atoms with E-state index in [1.807, 2.05) is 24.0 Å². The van der Waals surface area contributed by atoms with E-state index in [-0.39, 0.29) is 18.5 Å². The molecule has 3 heterocycles. The summed E-state index contributed by atoms with van der Waals surface area (Å²) in [6.45, 7) is 5.27. The van der Waals surface area contributed by atoms with E-state index in [1.165, 1.54) is 10.5 Å². The van der Waals surface area contributed by atoms with Crippen molar-refractivity contribution in [2.75, 3.05) is 26.2 Å². The highest BCUT2D eigenvalue weighted by molar-refractivity contribution is 6.01. The van der Waals surface area contributed by atoms with Gasteiger partial charge >= 0.3 is 6.03 Å². The van der Waals surface area contributed by atoms with E-state index in [1.54, 1.807) is 0 Å². The maximum atomic E-state index is 11.6. The minimum atomic E-state index is -0.265. The van der Waals surface area contributed by atoms with Crippen LogP contribution in [0.25, 0.3) is 0 Å². The number of carbonyl (C=O) groups excluding carboxylic acids is 2. The molecule has 0 saturated carbocycles. The third-order valence-electron chi connectivity index (χ3n) is 4.21. The highest BCUT2D eigenvalue weighted by atomic mass is 16.2. The number of amides is 3. The van der Waals surface area contributed by atoms with Gasteiger partial charge in [0, 0.05) is 25.3 Å². The molecule has 3 rings (SSSR count). The van der Waals surface area contributed by atoms with Gasteiger partial charge in [0.1, 0.15) is 0 Å². The van der Waals surface area contributed by atoms with E-state index in [9.17, 15) is 9.59 Å². The van der Waals surface area contributed by atoms with Crippen molar-refractivity contribution in [2.45, 2.75) is 32.4 Å². The van der Waals surface area contributed by atoms with Gasteiger partial charge in [-0.2, -0.15) is 5.10 Å². The molecule has 21 heavy (non-hydrogen) atoms. The number of nitrogens with zero attached hydrogens (tertiary/aromatic N) is 4. The van der Waals surface area contributed by atoms with Crippen molar-refractivity contribution in [3.63, 3.8) is 0 Å². The Kier molecular flexibility index (Phi) is 3.92. The second-order valence-corrected chi connectivity index (χ2v) is 5.78. The first-order chi connectivity index (χ1) is 10.1. The van der Waals surface area contributed by atoms with Crippen LogP contribution in [0.2, 0.25) is 0 Å². The third kappa shape index (κ3) is 3.07. The van der Waals surface area contributed by atoms with Crippen LogP contribution in [0.1, 0.15) is 18.4 Å². The van der Waals surface area contributed by atoms with Crippen LogP contribution in [0, 0.1) is 6.92 Å². The fraction of sp³-hybridized carbons (Fsp3) is 0.643. The molecule has 1 aromatic rings. The fourth-order valence-corrected chi connectivity index (χ4v) is 3.09. The summed E-state index contributed by atoms with van der Waals surface area (Å²) < 4.78 is 1.98. The molecule has 2 aliphatic rings. The number of hydrogen-bond donors (Lipinski definition) is 1. The monoisotopic (exact) mass is 291 g/mol. The molecule has 1 aromatic heterocycles. The minimum Gasteiger partial charge on any atom is -0.329 e. The Morgan fingerprint density at radius 3 is 2.90 bits per heavy atom. The normalized spacial score (nSPS) is 23.1. The first kappa shape index (κ1) is 14.1. The Morgan fingerprint density at radius 2 is 2.24 bits per heavy atom. The lowest BCUT2D eigenvalue weighted by atomic mass is 10.2. The molecule has 114 valence electrons. The fourth-order valence-electron chi connectivity index (χ4n) is 3.09. The number of imide groups is 1. The van der Waals surface area contributed by atoms with Crippen LogP contribution in [0.4, 0.5) is 4.79 Å². The molecule has 1 atom stereocenters. The van der Waals surface area contributed by atoms with Crippen molar-refractivity contribution >= 4 is 11.9 Å². The highest BCUT2D eigenvalue weighted by Crippen LogP contribution is 2.18. The summed E-state index contributed by atoms with van der Waals surface area (Å²) in [4.78, 5) is 26.8. The molecule has 1 N–H and O–H groups in total. The summed E-state index contributed by atoms with van der Waals surface area (Å²) in [5.41, 5.74) is 1.17. The molecule has 0 bridgehead atoms. The molecule has 7 heteroatoms. The van der Waals surface area contributed by atoms with E-state index in [2.05, 4.69) is 15.3 Å². The maximum Gasteiger partial charge on any atom is 0.324 e. The molecule has 7 nitrogen and oxygen atoms in total. The summed E-state index contributed by atoms with van der Waals surface area (Å²) in [6, 6.07) is 0.170. The van der Waals surface area contributed by atoms with E-state index in [4.69, 9.17) is 0 Å². The van der Waals surface area contributed by atoms with Crippen LogP contribution < -0.4 is 5.32 Å². The lowest BCUT2D eigenvalue weighted by molar-refractivity contribution is -0.125. The SMILES string of the molecule is Cc1cnn(CC2CCCN2CCN2C(=O)CNC2=O)c1. The average Bonchev–Trinajstić information content (AvgIpc) is 3.13. The predicted octanol–water partition coefficient (Wildman–Crippen LogP) is 0.208. The van der Waals surface area contributed by atoms with Gasteiger partial charge in [0.25, 0.3) is 0 Å². The lowest BCUT2D eigenvalue weighted by Gasteiger charge is -2.26. The van der Waals surface area contributed by atoms with Crippen LogP contribution in [0.5, 0.6) is 0 Å². The van der Waals surface area contributed by atoms with Gasteiger partial charge in [-0.05, 0) is 31.9 Å². The first-order valence-electron chi connectivity index (χ1n) is 7.45. The number of urea groups is 1. The van der Waals surface area contributed by atoms with Crippen molar-refractivity contribution in [3.8, 4) is 0 Å². The molecule has 0 spiro atoms. The average molecular weight is 291 g/mol. The molecule has 2 saturated heterocycles. The number of carbonyl (C=O) groups is 2. The summed E-state index contributed by atoms with van der Waals surface area (Å²) in [5.74, 6) is -0.126. The van der Waals surface area contributed by atoms with Crippen LogP contribution in [0.3, 0.4) is 0 Å². The molecule has 0 aliphatic carbocycles. The smallest absolute Gasteiger partial charge is 0.324 e. The molecule has 2 fully saturated rings. The van der Waals surface area contributed by atoms with Crippen molar-refractivity contribution in [1.82, 2.24) is 24.9 Å². The van der Waals surface area contributed by atoms with Gasteiger partial charge in [-0.1, -0.05) is 0 Å². The number of likely N-dealkylation sites (tertiary alicyclic amines) is 1. The van der Waals surface area contributed by atoms with E-state index in [0.29, 0.717) is 12.6 Å². The van der Waals surface area contributed by atoms with E-state index in [0.717, 1.165) is 32.5 Å². The Morgan fingerprint density at radius 1 is 1.38 bits per heavy atom. The minimum absolute atomic E-state index is 0.126. The second kappa shape index (κ2) is 5.85. The van der Waals surface area contributed by atoms with Crippen LogP contribution in [0.15, 0.2) is 12.4 Å². The Bertz CT molecular complexity index is 525. The summed E-state index contributed by atoms with van der Waals surface area (Å²) in [6.07, 6.45) is 6.21. The van der Waals surface area contributed by atoms with Crippen molar-refractivity contribution < 1.29 is 9.59 Å². The number of rotatable bonds is 5. The van der Waals surface area contributed by atoms with Gasteiger partial charge in [0.05, 0.1) is 19.3 Å². The summed E-state index contributed by atoms with van der Waals surface area (Å²) in [7, 11) is 0. The van der Waals surface area contributed by atoms with Crippen LogP contribution >= 0.6 is 0 Å². The van der Waals surface area contributed by atoms with E-state index >= 15 is 0 Å². The zero-order valence-electron chi connectivity index (χ0n) is 12.3.